The molecule has 32 heavy (non-hydrogen) atoms. The molecule has 0 unspecified atom stereocenters. The van der Waals surface area contributed by atoms with Crippen LogP contribution in [0, 0.1) is 0 Å². The zero-order valence-electron chi connectivity index (χ0n) is 17.5. The molecular weight excluding hydrogens is 426 g/mol. The van der Waals surface area contributed by atoms with Crippen LogP contribution in [-0.4, -0.2) is 48.2 Å². The number of carboxylic acid groups (broad SMARTS) is 1. The molecule has 1 amide bonds. The predicted molar refractivity (Wildman–Crippen MR) is 122 cm³/mol. The molecule has 0 aliphatic carbocycles. The van der Waals surface area contributed by atoms with Gasteiger partial charge in [-0.15, -0.1) is 11.3 Å². The van der Waals surface area contributed by atoms with E-state index in [0.29, 0.717) is 36.7 Å². The quantitative estimate of drug-likeness (QED) is 0.613. The molecule has 0 radical (unpaired) electrons. The van der Waals surface area contributed by atoms with Gasteiger partial charge in [0.1, 0.15) is 13.2 Å². The Labute approximate surface area is 190 Å². The number of carbonyl (C=O) groups is 2. The molecule has 3 heterocycles. The zero-order valence-corrected chi connectivity index (χ0v) is 18.3. The van der Waals surface area contributed by atoms with Gasteiger partial charge in [-0.3, -0.25) is 4.79 Å². The average Bonchev–Trinajstić information content (AvgIpc) is 3.34. The molecule has 5 rings (SSSR count). The number of amides is 1. The van der Waals surface area contributed by atoms with Crippen LogP contribution in [0.5, 0.6) is 11.5 Å². The number of likely N-dealkylation sites (tertiary alicyclic amines) is 1. The van der Waals surface area contributed by atoms with Gasteiger partial charge in [0, 0.05) is 18.0 Å². The molecule has 0 spiro atoms. The highest BCUT2D eigenvalue weighted by atomic mass is 32.1. The number of carboxylic acids is 1. The monoisotopic (exact) mass is 449 g/mol. The van der Waals surface area contributed by atoms with Crippen LogP contribution in [0.3, 0.4) is 0 Å². The summed E-state index contributed by atoms with van der Waals surface area (Å²) in [6.45, 7) is 2.34. The number of rotatable bonds is 4. The van der Waals surface area contributed by atoms with Crippen molar-refractivity contribution in [3.63, 3.8) is 0 Å². The van der Waals surface area contributed by atoms with Crippen LogP contribution in [0.15, 0.2) is 54.6 Å². The molecule has 2 aliphatic heterocycles. The highest BCUT2D eigenvalue weighted by Crippen LogP contribution is 2.37. The lowest BCUT2D eigenvalue weighted by molar-refractivity contribution is 0.0681. The Morgan fingerprint density at radius 2 is 1.69 bits per heavy atom. The number of fused-ring (bicyclic) bond motifs is 1. The van der Waals surface area contributed by atoms with E-state index < -0.39 is 5.97 Å². The molecule has 7 heteroatoms. The van der Waals surface area contributed by atoms with Crippen molar-refractivity contribution >= 4 is 23.2 Å². The molecule has 1 fully saturated rings. The summed E-state index contributed by atoms with van der Waals surface area (Å²) in [7, 11) is 0. The molecule has 1 aromatic heterocycles. The van der Waals surface area contributed by atoms with Gasteiger partial charge in [-0.25, -0.2) is 4.79 Å². The van der Waals surface area contributed by atoms with Crippen molar-refractivity contribution in [2.75, 3.05) is 26.3 Å². The number of nitrogens with zero attached hydrogens (tertiary/aromatic N) is 1. The third-order valence-corrected chi connectivity index (χ3v) is 7.18. The third-order valence-electron chi connectivity index (χ3n) is 6.06. The van der Waals surface area contributed by atoms with E-state index in [9.17, 15) is 14.7 Å². The minimum atomic E-state index is -0.899. The lowest BCUT2D eigenvalue weighted by Gasteiger charge is -2.32. The fraction of sp³-hybridized carbons (Fsp3) is 0.280. The topological polar surface area (TPSA) is 76.1 Å². The number of piperidine rings is 1. The second kappa shape index (κ2) is 8.67. The van der Waals surface area contributed by atoms with E-state index in [1.807, 2.05) is 47.4 Å². The van der Waals surface area contributed by atoms with Crippen molar-refractivity contribution < 1.29 is 24.2 Å². The fourth-order valence-electron chi connectivity index (χ4n) is 4.40. The molecule has 0 saturated carbocycles. The van der Waals surface area contributed by atoms with Gasteiger partial charge in [0.25, 0.3) is 5.91 Å². The van der Waals surface area contributed by atoms with Crippen molar-refractivity contribution in [3.8, 4) is 21.9 Å². The van der Waals surface area contributed by atoms with E-state index in [0.717, 1.165) is 40.3 Å². The average molecular weight is 450 g/mol. The van der Waals surface area contributed by atoms with Crippen molar-refractivity contribution in [2.24, 2.45) is 0 Å². The van der Waals surface area contributed by atoms with Gasteiger partial charge in [0.05, 0.1) is 10.4 Å². The number of thiophene rings is 1. The molecule has 2 aliphatic rings. The van der Waals surface area contributed by atoms with E-state index in [-0.39, 0.29) is 11.8 Å². The highest BCUT2D eigenvalue weighted by molar-refractivity contribution is 7.17. The van der Waals surface area contributed by atoms with Gasteiger partial charge in [0.15, 0.2) is 11.5 Å². The second-order valence-corrected chi connectivity index (χ2v) is 9.06. The Bertz CT molecular complexity index is 1160. The SMILES string of the molecule is O=C(O)c1ccccc1C1CCN(C(=O)c2ccc(-c3ccc4c(c3)OCCO4)s2)CC1. The van der Waals surface area contributed by atoms with Crippen LogP contribution < -0.4 is 9.47 Å². The van der Waals surface area contributed by atoms with Gasteiger partial charge in [-0.05, 0) is 66.3 Å². The second-order valence-electron chi connectivity index (χ2n) is 7.98. The molecule has 1 saturated heterocycles. The fourth-order valence-corrected chi connectivity index (χ4v) is 5.37. The van der Waals surface area contributed by atoms with Crippen molar-refractivity contribution in [3.05, 3.63) is 70.6 Å². The maximum Gasteiger partial charge on any atom is 0.335 e. The molecule has 1 N–H and O–H groups in total. The summed E-state index contributed by atoms with van der Waals surface area (Å²) in [4.78, 5) is 28.2. The Morgan fingerprint density at radius 3 is 2.47 bits per heavy atom. The number of benzene rings is 2. The zero-order chi connectivity index (χ0) is 22.1. The summed E-state index contributed by atoms with van der Waals surface area (Å²) in [5.41, 5.74) is 2.23. The summed E-state index contributed by atoms with van der Waals surface area (Å²) in [6.07, 6.45) is 1.52. The molecular formula is C25H23NO5S. The number of ether oxygens (including phenoxy) is 2. The molecule has 6 nitrogen and oxygen atoms in total. The van der Waals surface area contributed by atoms with E-state index in [1.165, 1.54) is 11.3 Å². The molecule has 2 aromatic carbocycles. The van der Waals surface area contributed by atoms with Gasteiger partial charge in [-0.1, -0.05) is 18.2 Å². The normalized spacial score (nSPS) is 16.1. The first-order valence-corrected chi connectivity index (χ1v) is 11.5. The van der Waals surface area contributed by atoms with Crippen LogP contribution in [0.25, 0.3) is 10.4 Å². The van der Waals surface area contributed by atoms with Gasteiger partial charge >= 0.3 is 5.97 Å². The van der Waals surface area contributed by atoms with E-state index in [1.54, 1.807) is 12.1 Å². The number of aromatic carboxylic acids is 1. The molecule has 0 atom stereocenters. The smallest absolute Gasteiger partial charge is 0.335 e. The van der Waals surface area contributed by atoms with E-state index >= 15 is 0 Å². The van der Waals surface area contributed by atoms with Crippen LogP contribution in [0.2, 0.25) is 0 Å². The Hall–Kier alpha value is -3.32. The number of carbonyl (C=O) groups excluding carboxylic acids is 1. The van der Waals surface area contributed by atoms with Crippen LogP contribution >= 0.6 is 11.3 Å². The Balaban J connectivity index is 1.27. The van der Waals surface area contributed by atoms with Crippen LogP contribution in [-0.2, 0) is 0 Å². The summed E-state index contributed by atoms with van der Waals surface area (Å²) in [6, 6.07) is 16.9. The third kappa shape index (κ3) is 3.96. The first-order valence-electron chi connectivity index (χ1n) is 10.7. The maximum absolute atomic E-state index is 13.1. The van der Waals surface area contributed by atoms with Gasteiger partial charge in [0.2, 0.25) is 0 Å². The maximum atomic E-state index is 13.1. The molecule has 0 bridgehead atoms. The highest BCUT2D eigenvalue weighted by Gasteiger charge is 2.27. The number of hydrogen-bond donors (Lipinski definition) is 1. The summed E-state index contributed by atoms with van der Waals surface area (Å²) in [5.74, 6) is 0.773. The van der Waals surface area contributed by atoms with Crippen molar-refractivity contribution in [1.82, 2.24) is 4.90 Å². The van der Waals surface area contributed by atoms with Crippen molar-refractivity contribution in [2.45, 2.75) is 18.8 Å². The van der Waals surface area contributed by atoms with Crippen molar-refractivity contribution in [1.29, 1.82) is 0 Å². The summed E-state index contributed by atoms with van der Waals surface area (Å²) >= 11 is 1.48. The standard InChI is InChI=1S/C25H23NO5S/c27-24(26-11-9-16(10-12-26)18-3-1-2-4-19(18)25(28)29)23-8-7-22(32-23)17-5-6-20-21(15-17)31-14-13-30-20/h1-8,15-16H,9-14H2,(H,28,29). The number of hydrogen-bond acceptors (Lipinski definition) is 5. The minimum absolute atomic E-state index is 0.0313. The lowest BCUT2D eigenvalue weighted by atomic mass is 9.86. The Kier molecular flexibility index (Phi) is 5.57. The van der Waals surface area contributed by atoms with E-state index in [2.05, 4.69) is 0 Å². The Morgan fingerprint density at radius 1 is 0.938 bits per heavy atom. The van der Waals surface area contributed by atoms with Crippen LogP contribution in [0.4, 0.5) is 0 Å². The minimum Gasteiger partial charge on any atom is -0.486 e. The molecule has 164 valence electrons. The summed E-state index contributed by atoms with van der Waals surface area (Å²) in [5, 5.41) is 9.47. The van der Waals surface area contributed by atoms with E-state index in [4.69, 9.17) is 9.47 Å². The van der Waals surface area contributed by atoms with Crippen LogP contribution in [0.1, 0.15) is 44.4 Å². The summed E-state index contributed by atoms with van der Waals surface area (Å²) < 4.78 is 11.3. The predicted octanol–water partition coefficient (Wildman–Crippen LogP) is 4.90. The van der Waals surface area contributed by atoms with Gasteiger partial charge in [-0.2, -0.15) is 0 Å². The molecule has 3 aromatic rings. The largest absolute Gasteiger partial charge is 0.486 e. The first-order chi connectivity index (χ1) is 15.6. The van der Waals surface area contributed by atoms with Gasteiger partial charge < -0.3 is 19.5 Å². The lowest BCUT2D eigenvalue weighted by Crippen LogP contribution is -2.37. The first kappa shape index (κ1) is 20.6.